The molecule has 0 saturated carbocycles. The molecule has 0 unspecified atom stereocenters. The highest BCUT2D eigenvalue weighted by Gasteiger charge is 2.22. The summed E-state index contributed by atoms with van der Waals surface area (Å²) in [5, 5.41) is 1.89. The highest BCUT2D eigenvalue weighted by molar-refractivity contribution is 7.88. The summed E-state index contributed by atoms with van der Waals surface area (Å²) in [5.74, 6) is 0. The van der Waals surface area contributed by atoms with Crippen molar-refractivity contribution in [3.8, 4) is 0 Å². The van der Waals surface area contributed by atoms with E-state index in [1.165, 1.54) is 10.6 Å². The van der Waals surface area contributed by atoms with Crippen molar-refractivity contribution in [2.24, 2.45) is 0 Å². The maximum atomic E-state index is 11.2. The van der Waals surface area contributed by atoms with E-state index in [4.69, 9.17) is 0 Å². The van der Waals surface area contributed by atoms with Crippen molar-refractivity contribution in [1.82, 2.24) is 9.21 Å². The fraction of sp³-hybridized carbons (Fsp3) is 0.875. The van der Waals surface area contributed by atoms with Crippen LogP contribution in [0.3, 0.4) is 0 Å². The van der Waals surface area contributed by atoms with Crippen molar-refractivity contribution in [2.75, 3.05) is 45.5 Å². The molecule has 0 aromatic carbocycles. The van der Waals surface area contributed by atoms with Crippen LogP contribution in [0.1, 0.15) is 0 Å². The molecule has 0 radical (unpaired) electrons. The van der Waals surface area contributed by atoms with Gasteiger partial charge in [0.2, 0.25) is 10.0 Å². The van der Waals surface area contributed by atoms with Gasteiger partial charge in [-0.1, -0.05) is 0 Å². The van der Waals surface area contributed by atoms with Crippen LogP contribution in [0.2, 0.25) is 0 Å². The maximum Gasteiger partial charge on any atom is 0.211 e. The Morgan fingerprint density at radius 1 is 1.29 bits per heavy atom. The Bertz CT molecular complexity index is 258. The van der Waals surface area contributed by atoms with E-state index in [2.05, 4.69) is 11.9 Å². The van der Waals surface area contributed by atoms with Gasteiger partial charge in [0.05, 0.1) is 12.8 Å². The topological polar surface area (TPSA) is 57.2 Å². The lowest BCUT2D eigenvalue weighted by atomic mass is 10.3. The van der Waals surface area contributed by atoms with Crippen LogP contribution >= 0.6 is 0 Å². The third-order valence-electron chi connectivity index (χ3n) is 2.45. The molecule has 0 aromatic rings. The number of hydrogen-bond acceptors (Lipinski definition) is 3. The highest BCUT2D eigenvalue weighted by atomic mass is 32.2. The zero-order chi connectivity index (χ0) is 10.6. The summed E-state index contributed by atoms with van der Waals surface area (Å²) >= 11 is 0. The molecular formula is C8H19N3O2S. The second kappa shape index (κ2) is 5.06. The molecule has 1 aliphatic heterocycles. The average Bonchev–Trinajstić information content (AvgIpc) is 2.14. The van der Waals surface area contributed by atoms with Gasteiger partial charge in [-0.05, 0) is 0 Å². The number of rotatable bonds is 4. The molecule has 0 aliphatic carbocycles. The lowest BCUT2D eigenvalue weighted by molar-refractivity contribution is -0.595. The smallest absolute Gasteiger partial charge is 0.211 e. The molecule has 1 rings (SSSR count). The summed E-state index contributed by atoms with van der Waals surface area (Å²) < 4.78 is 23.9. The van der Waals surface area contributed by atoms with Crippen LogP contribution in [0, 0.1) is 7.05 Å². The van der Waals surface area contributed by atoms with Gasteiger partial charge in [-0.25, -0.2) is 8.42 Å². The molecule has 1 fully saturated rings. The lowest BCUT2D eigenvalue weighted by Gasteiger charge is -2.32. The Kier molecular flexibility index (Phi) is 4.31. The zero-order valence-corrected chi connectivity index (χ0v) is 9.46. The predicted octanol–water partition coefficient (Wildman–Crippen LogP) is -2.08. The van der Waals surface area contributed by atoms with Crippen LogP contribution in [-0.4, -0.2) is 63.1 Å². The van der Waals surface area contributed by atoms with Gasteiger partial charge in [-0.15, -0.1) is 0 Å². The highest BCUT2D eigenvalue weighted by Crippen LogP contribution is 2.04. The summed E-state index contributed by atoms with van der Waals surface area (Å²) in [6.45, 7) is 4.87. The molecule has 0 spiro atoms. The van der Waals surface area contributed by atoms with Crippen molar-refractivity contribution >= 4 is 10.0 Å². The first-order valence-electron chi connectivity index (χ1n) is 4.82. The Balaban J connectivity index is 2.31. The number of nitrogens with zero attached hydrogens (tertiary/aromatic N) is 2. The van der Waals surface area contributed by atoms with Crippen LogP contribution in [0.15, 0.2) is 0 Å². The monoisotopic (exact) mass is 221 g/mol. The van der Waals surface area contributed by atoms with Crippen LogP contribution in [0.25, 0.3) is 0 Å². The molecule has 0 bridgehead atoms. The van der Waals surface area contributed by atoms with Crippen molar-refractivity contribution in [2.45, 2.75) is 0 Å². The summed E-state index contributed by atoms with van der Waals surface area (Å²) in [6, 6.07) is 0. The van der Waals surface area contributed by atoms with Gasteiger partial charge in [0, 0.05) is 32.7 Å². The van der Waals surface area contributed by atoms with E-state index in [0.717, 1.165) is 26.2 Å². The first kappa shape index (κ1) is 11.9. The number of quaternary nitrogens is 1. The van der Waals surface area contributed by atoms with Gasteiger partial charge >= 0.3 is 0 Å². The molecular weight excluding hydrogens is 202 g/mol. The van der Waals surface area contributed by atoms with Crippen LogP contribution in [0.5, 0.6) is 0 Å². The Morgan fingerprint density at radius 2 is 1.86 bits per heavy atom. The quantitative estimate of drug-likeness (QED) is 0.554. The van der Waals surface area contributed by atoms with E-state index in [9.17, 15) is 8.42 Å². The van der Waals surface area contributed by atoms with Gasteiger partial charge in [-0.3, -0.25) is 4.90 Å². The van der Waals surface area contributed by atoms with E-state index < -0.39 is 10.0 Å². The number of piperazine rings is 1. The van der Waals surface area contributed by atoms with Crippen molar-refractivity contribution < 1.29 is 13.7 Å². The van der Waals surface area contributed by atoms with Gasteiger partial charge in [0.25, 0.3) is 0 Å². The molecule has 0 aromatic heterocycles. The second-order valence-electron chi connectivity index (χ2n) is 3.58. The molecule has 0 atom stereocenters. The molecule has 1 saturated heterocycles. The lowest BCUT2D eigenvalue weighted by Crippen LogP contribution is -2.79. The van der Waals surface area contributed by atoms with Gasteiger partial charge in [0.1, 0.15) is 0 Å². The fourth-order valence-corrected chi connectivity index (χ4v) is 2.39. The standard InChI is InChI=1S/C8H19N3O2S/c1-9-3-4-10-5-7-11(8-6-10)14(2,12)13/h1,3-9H2,2H3. The predicted molar refractivity (Wildman–Crippen MR) is 55.0 cm³/mol. The summed E-state index contributed by atoms with van der Waals surface area (Å²) in [6.07, 6.45) is 1.27. The normalized spacial score (nSPS) is 21.3. The Morgan fingerprint density at radius 3 is 2.29 bits per heavy atom. The Labute approximate surface area is 86.1 Å². The van der Waals surface area contributed by atoms with Crippen LogP contribution in [-0.2, 0) is 10.0 Å². The molecule has 6 heteroatoms. The van der Waals surface area contributed by atoms with Crippen LogP contribution in [0.4, 0.5) is 0 Å². The zero-order valence-electron chi connectivity index (χ0n) is 8.65. The molecule has 1 aliphatic rings. The third-order valence-corrected chi connectivity index (χ3v) is 3.75. The first-order valence-corrected chi connectivity index (χ1v) is 6.67. The minimum atomic E-state index is -2.98. The SMILES string of the molecule is [CH2-][NH2+]CCN1CCN(S(C)(=O)=O)CC1. The van der Waals surface area contributed by atoms with Gasteiger partial charge in [0.15, 0.2) is 0 Å². The van der Waals surface area contributed by atoms with E-state index >= 15 is 0 Å². The van der Waals surface area contributed by atoms with Gasteiger partial charge < -0.3 is 5.32 Å². The minimum absolute atomic E-state index is 0.621. The van der Waals surface area contributed by atoms with E-state index in [-0.39, 0.29) is 0 Å². The van der Waals surface area contributed by atoms with E-state index in [1.54, 1.807) is 0 Å². The van der Waals surface area contributed by atoms with E-state index in [1.807, 2.05) is 5.32 Å². The average molecular weight is 221 g/mol. The molecule has 5 nitrogen and oxygen atoms in total. The third kappa shape index (κ3) is 3.53. The minimum Gasteiger partial charge on any atom is -0.478 e. The summed E-state index contributed by atoms with van der Waals surface area (Å²) in [7, 11) is 0.683. The molecule has 2 N–H and O–H groups in total. The summed E-state index contributed by atoms with van der Waals surface area (Å²) in [5.41, 5.74) is 0. The van der Waals surface area contributed by atoms with Crippen LogP contribution < -0.4 is 5.32 Å². The Hall–Kier alpha value is -0.170. The van der Waals surface area contributed by atoms with E-state index in [0.29, 0.717) is 13.1 Å². The van der Waals surface area contributed by atoms with Crippen molar-refractivity contribution in [3.05, 3.63) is 7.05 Å². The molecule has 0 amide bonds. The maximum absolute atomic E-state index is 11.2. The van der Waals surface area contributed by atoms with Crippen molar-refractivity contribution in [3.63, 3.8) is 0 Å². The molecule has 14 heavy (non-hydrogen) atoms. The number of nitrogens with two attached hydrogens (primary N) is 1. The first-order chi connectivity index (χ1) is 6.54. The number of sulfonamides is 1. The van der Waals surface area contributed by atoms with Gasteiger partial charge in [-0.2, -0.15) is 11.4 Å². The molecule has 84 valence electrons. The van der Waals surface area contributed by atoms with Crippen molar-refractivity contribution in [1.29, 1.82) is 0 Å². The largest absolute Gasteiger partial charge is 0.478 e. The molecule has 1 heterocycles. The summed E-state index contributed by atoms with van der Waals surface area (Å²) in [4.78, 5) is 2.27. The second-order valence-corrected chi connectivity index (χ2v) is 5.56. The number of hydrogen-bond donors (Lipinski definition) is 1. The fourth-order valence-electron chi connectivity index (χ4n) is 1.56.